The molecule has 1 aliphatic rings. The average molecular weight is 454 g/mol. The number of fused-ring (bicyclic) bond motifs is 1. The van der Waals surface area contributed by atoms with Crippen LogP contribution in [0.15, 0.2) is 78.9 Å². The molecule has 0 saturated carbocycles. The minimum atomic E-state index is -0.323. The monoisotopic (exact) mass is 453 g/mol. The predicted molar refractivity (Wildman–Crippen MR) is 130 cm³/mol. The van der Waals surface area contributed by atoms with Crippen molar-refractivity contribution in [1.82, 2.24) is 15.2 Å². The largest absolute Gasteiger partial charge is 0.348 e. The fraction of sp³-hybridized carbons (Fsp3) is 0.179. The molecular formula is C28H24FN3O2. The summed E-state index contributed by atoms with van der Waals surface area (Å²) < 4.78 is 13.4. The molecule has 1 fully saturated rings. The maximum absolute atomic E-state index is 13.4. The number of amides is 2. The summed E-state index contributed by atoms with van der Waals surface area (Å²) in [6.45, 7) is 1.96. The van der Waals surface area contributed by atoms with E-state index in [9.17, 15) is 14.0 Å². The Kier molecular flexibility index (Phi) is 6.04. The Labute approximate surface area is 197 Å². The third kappa shape index (κ3) is 4.53. The second-order valence-corrected chi connectivity index (χ2v) is 8.46. The number of nitrogens with zero attached hydrogens (tertiary/aromatic N) is 2. The van der Waals surface area contributed by atoms with Crippen molar-refractivity contribution >= 4 is 22.7 Å². The van der Waals surface area contributed by atoms with Gasteiger partial charge in [0.25, 0.3) is 11.8 Å². The maximum atomic E-state index is 13.4. The van der Waals surface area contributed by atoms with Gasteiger partial charge in [-0.05, 0) is 66.9 Å². The van der Waals surface area contributed by atoms with Gasteiger partial charge in [0.2, 0.25) is 0 Å². The van der Waals surface area contributed by atoms with E-state index < -0.39 is 0 Å². The molecule has 0 bridgehead atoms. The van der Waals surface area contributed by atoms with Gasteiger partial charge in [-0.15, -0.1) is 0 Å². The number of hydrogen-bond donors (Lipinski definition) is 1. The number of likely N-dealkylation sites (tertiary alicyclic amines) is 1. The second-order valence-electron chi connectivity index (χ2n) is 8.46. The Morgan fingerprint density at radius 3 is 2.35 bits per heavy atom. The molecule has 3 aromatic carbocycles. The molecule has 1 N–H and O–H groups in total. The SMILES string of the molecule is O=C(NCc1ccc(C(=O)N2CCCC2)cc1)c1cc(-c2ccc(F)cc2)nc2ccccc12. The molecule has 1 aromatic heterocycles. The summed E-state index contributed by atoms with van der Waals surface area (Å²) in [5, 5.41) is 3.72. The molecule has 0 spiro atoms. The van der Waals surface area contributed by atoms with E-state index in [1.54, 1.807) is 18.2 Å². The molecule has 0 aliphatic carbocycles. The number of aromatic nitrogens is 1. The van der Waals surface area contributed by atoms with E-state index >= 15 is 0 Å². The van der Waals surface area contributed by atoms with Crippen LogP contribution in [-0.2, 0) is 6.54 Å². The quantitative estimate of drug-likeness (QED) is 0.451. The minimum Gasteiger partial charge on any atom is -0.348 e. The number of benzene rings is 3. The number of halogens is 1. The molecule has 0 atom stereocenters. The fourth-order valence-corrected chi connectivity index (χ4v) is 4.28. The second kappa shape index (κ2) is 9.43. The van der Waals surface area contributed by atoms with Crippen molar-refractivity contribution in [2.24, 2.45) is 0 Å². The summed E-state index contributed by atoms with van der Waals surface area (Å²) in [6.07, 6.45) is 2.12. The van der Waals surface area contributed by atoms with Crippen LogP contribution in [0, 0.1) is 5.82 Å². The molecule has 0 radical (unpaired) electrons. The molecule has 1 saturated heterocycles. The van der Waals surface area contributed by atoms with Crippen LogP contribution < -0.4 is 5.32 Å². The molecule has 170 valence electrons. The van der Waals surface area contributed by atoms with Crippen molar-refractivity contribution in [2.45, 2.75) is 19.4 Å². The average Bonchev–Trinajstić information content (AvgIpc) is 3.42. The Balaban J connectivity index is 1.35. The minimum absolute atomic E-state index is 0.0599. The highest BCUT2D eigenvalue weighted by molar-refractivity contribution is 6.07. The Morgan fingerprint density at radius 1 is 0.912 bits per heavy atom. The first-order valence-corrected chi connectivity index (χ1v) is 11.4. The van der Waals surface area contributed by atoms with Crippen LogP contribution in [0.5, 0.6) is 0 Å². The number of rotatable bonds is 5. The van der Waals surface area contributed by atoms with Crippen LogP contribution in [0.25, 0.3) is 22.2 Å². The van der Waals surface area contributed by atoms with Gasteiger partial charge in [-0.1, -0.05) is 30.3 Å². The van der Waals surface area contributed by atoms with E-state index in [0.717, 1.165) is 42.4 Å². The first-order chi connectivity index (χ1) is 16.6. The van der Waals surface area contributed by atoms with E-state index in [4.69, 9.17) is 0 Å². The van der Waals surface area contributed by atoms with E-state index in [1.165, 1.54) is 12.1 Å². The molecule has 2 amide bonds. The molecule has 5 nitrogen and oxygen atoms in total. The summed E-state index contributed by atoms with van der Waals surface area (Å²) in [5.74, 6) is -0.487. The summed E-state index contributed by atoms with van der Waals surface area (Å²) in [5.41, 5.74) is 4.11. The van der Waals surface area contributed by atoms with Crippen molar-refractivity contribution in [3.63, 3.8) is 0 Å². The lowest BCUT2D eigenvalue weighted by atomic mass is 10.0. The number of hydrogen-bond acceptors (Lipinski definition) is 3. The van der Waals surface area contributed by atoms with Gasteiger partial charge in [0.05, 0.1) is 16.8 Å². The number of nitrogens with one attached hydrogen (secondary N) is 1. The standard InChI is InChI=1S/C28H24FN3O2/c29-22-13-11-20(12-14-22)26-17-24(23-5-1-2-6-25(23)31-26)27(33)30-18-19-7-9-21(10-8-19)28(34)32-15-3-4-16-32/h1-2,5-14,17H,3-4,15-16,18H2,(H,30,33). The molecule has 4 aromatic rings. The zero-order valence-corrected chi connectivity index (χ0v) is 18.6. The van der Waals surface area contributed by atoms with Gasteiger partial charge in [-0.25, -0.2) is 9.37 Å². The molecule has 2 heterocycles. The van der Waals surface area contributed by atoms with Gasteiger partial charge < -0.3 is 10.2 Å². The van der Waals surface area contributed by atoms with Gasteiger partial charge in [-0.2, -0.15) is 0 Å². The third-order valence-corrected chi connectivity index (χ3v) is 6.15. The van der Waals surface area contributed by atoms with Crippen LogP contribution in [0.1, 0.15) is 39.1 Å². The molecule has 0 unspecified atom stereocenters. The lowest BCUT2D eigenvalue weighted by Gasteiger charge is -2.15. The Hall–Kier alpha value is -4.06. The normalized spacial score (nSPS) is 13.3. The Morgan fingerprint density at radius 2 is 1.62 bits per heavy atom. The zero-order valence-electron chi connectivity index (χ0n) is 18.6. The third-order valence-electron chi connectivity index (χ3n) is 6.15. The fourth-order valence-electron chi connectivity index (χ4n) is 4.28. The molecule has 5 rings (SSSR count). The van der Waals surface area contributed by atoms with E-state index in [-0.39, 0.29) is 17.6 Å². The topological polar surface area (TPSA) is 62.3 Å². The molecule has 1 aliphatic heterocycles. The predicted octanol–water partition coefficient (Wildman–Crippen LogP) is 5.21. The van der Waals surface area contributed by atoms with Gasteiger partial charge >= 0.3 is 0 Å². The molecule has 6 heteroatoms. The van der Waals surface area contributed by atoms with Gasteiger partial charge in [0.1, 0.15) is 5.82 Å². The summed E-state index contributed by atoms with van der Waals surface area (Å²) in [7, 11) is 0. The number of para-hydroxylation sites is 1. The highest BCUT2D eigenvalue weighted by atomic mass is 19.1. The summed E-state index contributed by atoms with van der Waals surface area (Å²) >= 11 is 0. The number of carbonyl (C=O) groups is 2. The zero-order chi connectivity index (χ0) is 23.5. The van der Waals surface area contributed by atoms with Crippen molar-refractivity contribution < 1.29 is 14.0 Å². The Bertz CT molecular complexity index is 1340. The van der Waals surface area contributed by atoms with Crippen molar-refractivity contribution in [3.8, 4) is 11.3 Å². The highest BCUT2D eigenvalue weighted by Gasteiger charge is 2.19. The van der Waals surface area contributed by atoms with Gasteiger partial charge in [0.15, 0.2) is 0 Å². The van der Waals surface area contributed by atoms with Gasteiger partial charge in [0, 0.05) is 36.1 Å². The smallest absolute Gasteiger partial charge is 0.253 e. The highest BCUT2D eigenvalue weighted by Crippen LogP contribution is 2.25. The van der Waals surface area contributed by atoms with Crippen molar-refractivity contribution in [3.05, 3.63) is 101 Å². The number of pyridine rings is 1. The number of carbonyl (C=O) groups excluding carboxylic acids is 2. The van der Waals surface area contributed by atoms with E-state index in [0.29, 0.717) is 28.9 Å². The molecular weight excluding hydrogens is 429 g/mol. The van der Waals surface area contributed by atoms with Crippen molar-refractivity contribution in [1.29, 1.82) is 0 Å². The van der Waals surface area contributed by atoms with Crippen LogP contribution in [0.2, 0.25) is 0 Å². The lowest BCUT2D eigenvalue weighted by Crippen LogP contribution is -2.27. The van der Waals surface area contributed by atoms with Crippen LogP contribution in [0.4, 0.5) is 4.39 Å². The maximum Gasteiger partial charge on any atom is 0.253 e. The van der Waals surface area contributed by atoms with Crippen LogP contribution in [0.3, 0.4) is 0 Å². The van der Waals surface area contributed by atoms with Gasteiger partial charge in [-0.3, -0.25) is 9.59 Å². The summed E-state index contributed by atoms with van der Waals surface area (Å²) in [4.78, 5) is 32.2. The van der Waals surface area contributed by atoms with Crippen LogP contribution in [-0.4, -0.2) is 34.8 Å². The van der Waals surface area contributed by atoms with Crippen LogP contribution >= 0.6 is 0 Å². The molecule has 34 heavy (non-hydrogen) atoms. The first kappa shape index (κ1) is 21.8. The first-order valence-electron chi connectivity index (χ1n) is 11.4. The van der Waals surface area contributed by atoms with E-state index in [1.807, 2.05) is 53.4 Å². The summed E-state index contributed by atoms with van der Waals surface area (Å²) in [6, 6.07) is 22.6. The van der Waals surface area contributed by atoms with Crippen molar-refractivity contribution in [2.75, 3.05) is 13.1 Å². The van der Waals surface area contributed by atoms with E-state index in [2.05, 4.69) is 10.3 Å². The lowest BCUT2D eigenvalue weighted by molar-refractivity contribution is 0.0792.